The van der Waals surface area contributed by atoms with Gasteiger partial charge in [0.15, 0.2) is 0 Å². The fourth-order valence-electron chi connectivity index (χ4n) is 2.87. The van der Waals surface area contributed by atoms with Gasteiger partial charge in [0.2, 0.25) is 5.91 Å². The maximum Gasteiger partial charge on any atom is 0.328 e. The number of amides is 1. The molecule has 21 heavy (non-hydrogen) atoms. The Bertz CT molecular complexity index is 470. The molecule has 1 aliphatic rings. The van der Waals surface area contributed by atoms with Gasteiger partial charge in [-0.25, -0.2) is 4.79 Å². The third kappa shape index (κ3) is 4.55. The Balaban J connectivity index is 1.97. The number of hydrogen-bond donors (Lipinski definition) is 1. The lowest BCUT2D eigenvalue weighted by atomic mass is 9.84. The Morgan fingerprint density at radius 2 is 1.95 bits per heavy atom. The van der Waals surface area contributed by atoms with Crippen LogP contribution >= 0.6 is 0 Å². The highest BCUT2D eigenvalue weighted by Crippen LogP contribution is 2.27. The zero-order valence-electron chi connectivity index (χ0n) is 12.4. The smallest absolute Gasteiger partial charge is 0.328 e. The van der Waals surface area contributed by atoms with Crippen LogP contribution in [0, 0.1) is 5.92 Å². The lowest BCUT2D eigenvalue weighted by Crippen LogP contribution is -2.47. The summed E-state index contributed by atoms with van der Waals surface area (Å²) in [5.74, 6) is -0.306. The largest absolute Gasteiger partial charge is 0.467 e. The minimum absolute atomic E-state index is 0.151. The van der Waals surface area contributed by atoms with Gasteiger partial charge in [-0.2, -0.15) is 0 Å². The minimum atomic E-state index is -0.523. The van der Waals surface area contributed by atoms with Gasteiger partial charge in [-0.15, -0.1) is 0 Å². The van der Waals surface area contributed by atoms with Crippen LogP contribution in [-0.2, 0) is 20.7 Å². The van der Waals surface area contributed by atoms with Crippen LogP contribution in [0.25, 0.3) is 0 Å². The van der Waals surface area contributed by atoms with Crippen molar-refractivity contribution in [2.24, 2.45) is 5.92 Å². The molecule has 0 aromatic carbocycles. The molecule has 5 heteroatoms. The van der Waals surface area contributed by atoms with E-state index in [0.717, 1.165) is 31.2 Å². The Hall–Kier alpha value is -1.91. The summed E-state index contributed by atoms with van der Waals surface area (Å²) >= 11 is 0. The number of pyridine rings is 1. The fraction of sp³-hybridized carbons (Fsp3) is 0.562. The van der Waals surface area contributed by atoms with E-state index in [1.807, 2.05) is 0 Å². The third-order valence-electron chi connectivity index (χ3n) is 4.01. The second-order valence-corrected chi connectivity index (χ2v) is 5.50. The van der Waals surface area contributed by atoms with E-state index < -0.39 is 6.04 Å². The number of nitrogens with zero attached hydrogens (tertiary/aromatic N) is 1. The molecule has 1 aliphatic carbocycles. The summed E-state index contributed by atoms with van der Waals surface area (Å²) in [6, 6.07) is 3.07. The average molecular weight is 290 g/mol. The van der Waals surface area contributed by atoms with Crippen molar-refractivity contribution >= 4 is 11.9 Å². The van der Waals surface area contributed by atoms with Crippen molar-refractivity contribution < 1.29 is 14.3 Å². The molecule has 1 atom stereocenters. The summed E-state index contributed by atoms with van der Waals surface area (Å²) in [7, 11) is 1.37. The van der Waals surface area contributed by atoms with Crippen molar-refractivity contribution in [3.8, 4) is 0 Å². The first-order chi connectivity index (χ1) is 10.2. The Morgan fingerprint density at radius 3 is 2.57 bits per heavy atom. The van der Waals surface area contributed by atoms with Gasteiger partial charge in [0.1, 0.15) is 6.04 Å². The van der Waals surface area contributed by atoms with Crippen molar-refractivity contribution in [3.05, 3.63) is 30.1 Å². The van der Waals surface area contributed by atoms with Crippen molar-refractivity contribution in [2.75, 3.05) is 7.11 Å². The number of esters is 1. The second-order valence-electron chi connectivity index (χ2n) is 5.50. The van der Waals surface area contributed by atoms with E-state index in [1.54, 1.807) is 24.5 Å². The molecule has 1 heterocycles. The Kier molecular flexibility index (Phi) is 5.72. The molecule has 0 radical (unpaired) electrons. The minimum Gasteiger partial charge on any atom is -0.467 e. The van der Waals surface area contributed by atoms with Crippen LogP contribution in [-0.4, -0.2) is 30.0 Å². The molecule has 1 amide bonds. The summed E-state index contributed by atoms with van der Waals surface area (Å²) in [5.41, 5.74) is 0.884. The van der Waals surface area contributed by atoms with E-state index >= 15 is 0 Å². The van der Waals surface area contributed by atoms with Gasteiger partial charge in [0.25, 0.3) is 0 Å². The molecule has 5 nitrogen and oxygen atoms in total. The van der Waals surface area contributed by atoms with E-state index in [4.69, 9.17) is 4.74 Å². The summed E-state index contributed by atoms with van der Waals surface area (Å²) in [6.45, 7) is 0. The first-order valence-electron chi connectivity index (χ1n) is 7.47. The molecule has 2 rings (SSSR count). The second kappa shape index (κ2) is 7.76. The molecule has 0 saturated heterocycles. The summed E-state index contributed by atoms with van der Waals surface area (Å²) in [6.07, 6.45) is 8.92. The number of aromatic nitrogens is 1. The van der Waals surface area contributed by atoms with E-state index in [0.29, 0.717) is 0 Å². The van der Waals surface area contributed by atoms with Crippen LogP contribution < -0.4 is 5.32 Å². The monoisotopic (exact) mass is 290 g/mol. The van der Waals surface area contributed by atoms with Gasteiger partial charge in [0.05, 0.1) is 13.5 Å². The molecular formula is C16H22N2O3. The van der Waals surface area contributed by atoms with Gasteiger partial charge >= 0.3 is 5.97 Å². The van der Waals surface area contributed by atoms with Crippen LogP contribution in [0.15, 0.2) is 24.5 Å². The fourth-order valence-corrected chi connectivity index (χ4v) is 2.87. The molecule has 0 spiro atoms. The number of methoxy groups -OCH3 is 1. The number of rotatable bonds is 5. The SMILES string of the molecule is COC(=O)[C@@H](NC(=O)Cc1ccncc1)C1CCCCC1. The maximum absolute atomic E-state index is 12.1. The zero-order valence-corrected chi connectivity index (χ0v) is 12.4. The van der Waals surface area contributed by atoms with Gasteiger partial charge in [0, 0.05) is 12.4 Å². The molecule has 1 saturated carbocycles. The molecule has 1 N–H and O–H groups in total. The van der Waals surface area contributed by atoms with Gasteiger partial charge in [-0.3, -0.25) is 9.78 Å². The molecular weight excluding hydrogens is 268 g/mol. The van der Waals surface area contributed by atoms with Gasteiger partial charge in [-0.1, -0.05) is 19.3 Å². The lowest BCUT2D eigenvalue weighted by Gasteiger charge is -2.29. The quantitative estimate of drug-likeness (QED) is 0.840. The highest BCUT2D eigenvalue weighted by molar-refractivity contribution is 5.85. The van der Waals surface area contributed by atoms with Crippen LogP contribution in [0.1, 0.15) is 37.7 Å². The van der Waals surface area contributed by atoms with Crippen LogP contribution in [0.3, 0.4) is 0 Å². The van der Waals surface area contributed by atoms with Crippen molar-refractivity contribution in [3.63, 3.8) is 0 Å². The van der Waals surface area contributed by atoms with E-state index in [2.05, 4.69) is 10.3 Å². The van der Waals surface area contributed by atoms with Crippen LogP contribution in [0.2, 0.25) is 0 Å². The highest BCUT2D eigenvalue weighted by atomic mass is 16.5. The van der Waals surface area contributed by atoms with Gasteiger partial charge < -0.3 is 10.1 Å². The van der Waals surface area contributed by atoms with Crippen LogP contribution in [0.5, 0.6) is 0 Å². The maximum atomic E-state index is 12.1. The number of hydrogen-bond acceptors (Lipinski definition) is 4. The third-order valence-corrected chi connectivity index (χ3v) is 4.01. The standard InChI is InChI=1S/C16H22N2O3/c1-21-16(20)15(13-5-3-2-4-6-13)18-14(19)11-12-7-9-17-10-8-12/h7-10,13,15H,2-6,11H2,1H3,(H,18,19)/t15-/m0/s1. The van der Waals surface area contributed by atoms with E-state index in [9.17, 15) is 9.59 Å². The first kappa shape index (κ1) is 15.5. The molecule has 1 aromatic heterocycles. The molecule has 1 fully saturated rings. The number of ether oxygens (including phenoxy) is 1. The van der Waals surface area contributed by atoms with Crippen molar-refractivity contribution in [2.45, 2.75) is 44.6 Å². The molecule has 1 aromatic rings. The normalized spacial score (nSPS) is 17.0. The summed E-state index contributed by atoms with van der Waals surface area (Å²) in [4.78, 5) is 28.0. The zero-order chi connectivity index (χ0) is 15.1. The molecule has 0 aliphatic heterocycles. The topological polar surface area (TPSA) is 68.3 Å². The Morgan fingerprint density at radius 1 is 1.29 bits per heavy atom. The van der Waals surface area contributed by atoms with E-state index in [-0.39, 0.29) is 24.2 Å². The van der Waals surface area contributed by atoms with Crippen molar-refractivity contribution in [1.29, 1.82) is 0 Å². The number of carbonyl (C=O) groups excluding carboxylic acids is 2. The first-order valence-corrected chi connectivity index (χ1v) is 7.47. The van der Waals surface area contributed by atoms with E-state index in [1.165, 1.54) is 13.5 Å². The lowest BCUT2D eigenvalue weighted by molar-refractivity contribution is -0.147. The molecule has 114 valence electrons. The number of carbonyl (C=O) groups is 2. The molecule has 0 unspecified atom stereocenters. The van der Waals surface area contributed by atoms with Crippen molar-refractivity contribution in [1.82, 2.24) is 10.3 Å². The van der Waals surface area contributed by atoms with Crippen LogP contribution in [0.4, 0.5) is 0 Å². The Labute approximate surface area is 125 Å². The summed E-state index contributed by atoms with van der Waals surface area (Å²) < 4.78 is 4.85. The predicted octanol–water partition coefficient (Wildman–Crippen LogP) is 1.86. The van der Waals surface area contributed by atoms with Gasteiger partial charge in [-0.05, 0) is 36.5 Å². The number of nitrogens with one attached hydrogen (secondary N) is 1. The predicted molar refractivity (Wildman–Crippen MR) is 78.5 cm³/mol. The highest BCUT2D eigenvalue weighted by Gasteiger charge is 2.31. The summed E-state index contributed by atoms with van der Waals surface area (Å²) in [5, 5.41) is 2.85. The molecule has 0 bridgehead atoms. The average Bonchev–Trinajstić information content (AvgIpc) is 2.53.